The topological polar surface area (TPSA) is 3.24 Å². The molecule has 1 aliphatic heterocycles. The van der Waals surface area contributed by atoms with Crippen molar-refractivity contribution >= 4 is 0 Å². The molecular weight excluding hydrogens is 182 g/mol. The van der Waals surface area contributed by atoms with Gasteiger partial charge in [0.25, 0.3) is 0 Å². The molecule has 0 bridgehead atoms. The number of nitrogens with zero attached hydrogens (tertiary/aromatic N) is 1. The van der Waals surface area contributed by atoms with Crippen molar-refractivity contribution in [2.75, 3.05) is 13.6 Å². The molecule has 1 nitrogen and oxygen atoms in total. The maximum Gasteiger partial charge on any atom is 0.0118 e. The first-order valence-electron chi connectivity index (χ1n) is 6.87. The molecule has 0 unspecified atom stereocenters. The van der Waals surface area contributed by atoms with E-state index in [1.807, 2.05) is 0 Å². The van der Waals surface area contributed by atoms with Gasteiger partial charge < -0.3 is 4.90 Å². The standard InChI is InChI=1S/C14H27N/c1-11(2)14-9-13(10-15(14)3)8-7-12-5-4-6-12/h11-14H,4-10H2,1-3H3/t13-,14+/m0/s1. The van der Waals surface area contributed by atoms with Crippen LogP contribution in [-0.2, 0) is 0 Å². The lowest BCUT2D eigenvalue weighted by atomic mass is 9.80. The van der Waals surface area contributed by atoms with E-state index in [1.54, 1.807) is 0 Å². The Morgan fingerprint density at radius 3 is 2.27 bits per heavy atom. The van der Waals surface area contributed by atoms with Gasteiger partial charge in [0, 0.05) is 12.6 Å². The highest BCUT2D eigenvalue weighted by Crippen LogP contribution is 2.35. The molecule has 2 rings (SSSR count). The zero-order valence-electron chi connectivity index (χ0n) is 10.7. The Kier molecular flexibility index (Phi) is 3.71. The Balaban J connectivity index is 1.70. The number of rotatable bonds is 4. The molecule has 0 spiro atoms. The van der Waals surface area contributed by atoms with Crippen molar-refractivity contribution in [3.05, 3.63) is 0 Å². The van der Waals surface area contributed by atoms with Gasteiger partial charge in [0.1, 0.15) is 0 Å². The van der Waals surface area contributed by atoms with E-state index in [2.05, 4.69) is 25.8 Å². The van der Waals surface area contributed by atoms with E-state index in [0.29, 0.717) is 0 Å². The average Bonchev–Trinajstić information content (AvgIpc) is 2.44. The molecule has 1 heterocycles. The van der Waals surface area contributed by atoms with Gasteiger partial charge >= 0.3 is 0 Å². The molecule has 2 fully saturated rings. The van der Waals surface area contributed by atoms with Crippen LogP contribution in [0.5, 0.6) is 0 Å². The molecule has 88 valence electrons. The van der Waals surface area contributed by atoms with Crippen molar-refractivity contribution in [2.45, 2.75) is 58.4 Å². The minimum atomic E-state index is 0.837. The van der Waals surface area contributed by atoms with Crippen molar-refractivity contribution in [2.24, 2.45) is 17.8 Å². The van der Waals surface area contributed by atoms with E-state index in [-0.39, 0.29) is 0 Å². The molecule has 0 aromatic heterocycles. The van der Waals surface area contributed by atoms with Crippen LogP contribution < -0.4 is 0 Å². The van der Waals surface area contributed by atoms with Crippen LogP contribution in [0.1, 0.15) is 52.4 Å². The lowest BCUT2D eigenvalue weighted by molar-refractivity contribution is 0.248. The van der Waals surface area contributed by atoms with Crippen LogP contribution >= 0.6 is 0 Å². The molecule has 2 atom stereocenters. The first-order chi connectivity index (χ1) is 7.16. The fourth-order valence-corrected chi connectivity index (χ4v) is 3.38. The summed E-state index contributed by atoms with van der Waals surface area (Å²) in [6.45, 7) is 6.10. The van der Waals surface area contributed by atoms with Gasteiger partial charge in [-0.25, -0.2) is 0 Å². The Morgan fingerprint density at radius 2 is 1.80 bits per heavy atom. The largest absolute Gasteiger partial charge is 0.303 e. The van der Waals surface area contributed by atoms with Crippen molar-refractivity contribution in [1.82, 2.24) is 4.90 Å². The fraction of sp³-hybridized carbons (Fsp3) is 1.00. The minimum Gasteiger partial charge on any atom is -0.303 e. The van der Waals surface area contributed by atoms with Crippen LogP contribution in [-0.4, -0.2) is 24.5 Å². The van der Waals surface area contributed by atoms with Gasteiger partial charge in [0.05, 0.1) is 0 Å². The molecular formula is C14H27N. The summed E-state index contributed by atoms with van der Waals surface area (Å²) < 4.78 is 0. The summed E-state index contributed by atoms with van der Waals surface area (Å²) in [6, 6.07) is 0.858. The lowest BCUT2D eigenvalue weighted by Crippen LogP contribution is -2.29. The summed E-state index contributed by atoms with van der Waals surface area (Å²) in [7, 11) is 2.31. The third-order valence-electron chi connectivity index (χ3n) is 4.66. The summed E-state index contributed by atoms with van der Waals surface area (Å²) in [4.78, 5) is 2.59. The number of hydrogen-bond donors (Lipinski definition) is 0. The molecule has 1 saturated heterocycles. The molecule has 0 aromatic carbocycles. The number of likely N-dealkylation sites (tertiary alicyclic amines) is 1. The highest BCUT2D eigenvalue weighted by atomic mass is 15.2. The third-order valence-corrected chi connectivity index (χ3v) is 4.66. The zero-order chi connectivity index (χ0) is 10.8. The molecule has 15 heavy (non-hydrogen) atoms. The summed E-state index contributed by atoms with van der Waals surface area (Å²) in [5.41, 5.74) is 0. The highest BCUT2D eigenvalue weighted by Gasteiger charge is 2.31. The van der Waals surface area contributed by atoms with Crippen LogP contribution in [0.15, 0.2) is 0 Å². The molecule has 0 amide bonds. The fourth-order valence-electron chi connectivity index (χ4n) is 3.38. The molecule has 0 N–H and O–H groups in total. The molecule has 1 heteroatoms. The predicted molar refractivity (Wildman–Crippen MR) is 65.9 cm³/mol. The highest BCUT2D eigenvalue weighted by molar-refractivity contribution is 4.85. The van der Waals surface area contributed by atoms with Crippen molar-refractivity contribution < 1.29 is 0 Å². The average molecular weight is 209 g/mol. The monoisotopic (exact) mass is 209 g/mol. The third kappa shape index (κ3) is 2.75. The smallest absolute Gasteiger partial charge is 0.0118 e. The first kappa shape index (κ1) is 11.4. The quantitative estimate of drug-likeness (QED) is 0.684. The van der Waals surface area contributed by atoms with Gasteiger partial charge in [-0.2, -0.15) is 0 Å². The molecule has 0 aromatic rings. The SMILES string of the molecule is CC(C)[C@H]1C[C@H](CCC2CCC2)CN1C. The van der Waals surface area contributed by atoms with Gasteiger partial charge in [-0.15, -0.1) is 0 Å². The summed E-state index contributed by atoms with van der Waals surface area (Å²) >= 11 is 0. The second-order valence-corrected chi connectivity index (χ2v) is 6.23. The lowest BCUT2D eigenvalue weighted by Gasteiger charge is -2.26. The Bertz CT molecular complexity index is 196. The van der Waals surface area contributed by atoms with Crippen molar-refractivity contribution in [3.63, 3.8) is 0 Å². The molecule has 1 saturated carbocycles. The number of hydrogen-bond acceptors (Lipinski definition) is 1. The van der Waals surface area contributed by atoms with Gasteiger partial charge in [-0.05, 0) is 37.6 Å². The first-order valence-corrected chi connectivity index (χ1v) is 6.87. The maximum absolute atomic E-state index is 2.59. The van der Waals surface area contributed by atoms with Crippen molar-refractivity contribution in [3.8, 4) is 0 Å². The van der Waals surface area contributed by atoms with Crippen molar-refractivity contribution in [1.29, 1.82) is 0 Å². The molecule has 1 aliphatic carbocycles. The molecule has 0 radical (unpaired) electrons. The zero-order valence-corrected chi connectivity index (χ0v) is 10.7. The van der Waals surface area contributed by atoms with E-state index in [1.165, 1.54) is 45.1 Å². The van der Waals surface area contributed by atoms with Crippen LogP contribution in [0.2, 0.25) is 0 Å². The molecule has 2 aliphatic rings. The Morgan fingerprint density at radius 1 is 1.13 bits per heavy atom. The van der Waals surface area contributed by atoms with E-state index >= 15 is 0 Å². The van der Waals surface area contributed by atoms with Crippen LogP contribution in [0.25, 0.3) is 0 Å². The second-order valence-electron chi connectivity index (χ2n) is 6.23. The summed E-state index contributed by atoms with van der Waals surface area (Å²) in [5.74, 6) is 2.94. The summed E-state index contributed by atoms with van der Waals surface area (Å²) in [5, 5.41) is 0. The van der Waals surface area contributed by atoms with Gasteiger partial charge in [0.15, 0.2) is 0 Å². The van der Waals surface area contributed by atoms with E-state index < -0.39 is 0 Å². The van der Waals surface area contributed by atoms with Crippen LogP contribution in [0, 0.1) is 17.8 Å². The summed E-state index contributed by atoms with van der Waals surface area (Å²) in [6.07, 6.45) is 9.03. The second kappa shape index (κ2) is 4.86. The van der Waals surface area contributed by atoms with Crippen LogP contribution in [0.3, 0.4) is 0 Å². The normalized spacial score (nSPS) is 33.6. The van der Waals surface area contributed by atoms with Gasteiger partial charge in [0.2, 0.25) is 0 Å². The Hall–Kier alpha value is -0.0400. The van der Waals surface area contributed by atoms with Gasteiger partial charge in [-0.3, -0.25) is 0 Å². The Labute approximate surface area is 95.2 Å². The van der Waals surface area contributed by atoms with E-state index in [4.69, 9.17) is 0 Å². The van der Waals surface area contributed by atoms with Gasteiger partial charge in [-0.1, -0.05) is 39.5 Å². The maximum atomic E-state index is 2.59. The van der Waals surface area contributed by atoms with E-state index in [0.717, 1.165) is 23.8 Å². The van der Waals surface area contributed by atoms with Crippen LogP contribution in [0.4, 0.5) is 0 Å². The van der Waals surface area contributed by atoms with E-state index in [9.17, 15) is 0 Å². The predicted octanol–water partition coefficient (Wildman–Crippen LogP) is 3.54. The minimum absolute atomic E-state index is 0.837.